The number of ether oxygens (including phenoxy) is 1. The van der Waals surface area contributed by atoms with Crippen molar-refractivity contribution in [3.05, 3.63) is 35.6 Å². The number of allylic oxidation sites excluding steroid dienone is 4. The van der Waals surface area contributed by atoms with Crippen LogP contribution in [0, 0.1) is 0 Å². The van der Waals surface area contributed by atoms with Crippen molar-refractivity contribution in [2.45, 2.75) is 58.9 Å². The Morgan fingerprint density at radius 2 is 2.06 bits per heavy atom. The Balaban J connectivity index is 2.69. The summed E-state index contributed by atoms with van der Waals surface area (Å²) in [7, 11) is 0. The van der Waals surface area contributed by atoms with Gasteiger partial charge < -0.3 is 15.5 Å². The molecule has 2 aliphatic heterocycles. The molecular formula is C22H32F3N7O. The molecule has 0 bridgehead atoms. The highest BCUT2D eigenvalue weighted by Crippen LogP contribution is 2.29. The van der Waals surface area contributed by atoms with Crippen LogP contribution in [0.15, 0.2) is 55.8 Å². The summed E-state index contributed by atoms with van der Waals surface area (Å²) in [6.07, 6.45) is 4.31. The van der Waals surface area contributed by atoms with Crippen molar-refractivity contribution in [1.82, 2.24) is 9.91 Å². The first-order valence-electron chi connectivity index (χ1n) is 10.7. The number of aliphatic imine (C=N–C) groups is 2. The number of alkyl halides is 3. The topological polar surface area (TPSA) is 91.2 Å². The molecule has 8 nitrogen and oxygen atoms in total. The molecule has 2 rings (SSSR count). The third-order valence-electron chi connectivity index (χ3n) is 4.95. The molecule has 182 valence electrons. The quantitative estimate of drug-likeness (QED) is 0.295. The first-order chi connectivity index (χ1) is 15.5. The van der Waals surface area contributed by atoms with Gasteiger partial charge in [0.2, 0.25) is 0 Å². The minimum absolute atomic E-state index is 0.0150. The van der Waals surface area contributed by atoms with Gasteiger partial charge in [-0.15, -0.1) is 0 Å². The standard InChI is InChI=1S/C22H32F3N7O/c1-6-8-19(30-26)32-21(4,5)29-20(31-11-12-33-15-16(31)3)14-17(9-10-28-32)13-18(27-7-2)22(23,24)25/h6-8,10,13-14,16H,9,11-12,15,26H2,1-5H3/b8-6-,17-14+,18-13+,27-7?,28-10-,29-20?,30-19+/t16-/m1/s1. The largest absolute Gasteiger partial charge is 0.433 e. The van der Waals surface area contributed by atoms with Gasteiger partial charge >= 0.3 is 6.18 Å². The summed E-state index contributed by atoms with van der Waals surface area (Å²) in [5, 5.41) is 9.82. The van der Waals surface area contributed by atoms with Crippen molar-refractivity contribution in [2.24, 2.45) is 26.0 Å². The number of amidine groups is 2. The van der Waals surface area contributed by atoms with E-state index in [2.05, 4.69) is 15.2 Å². The van der Waals surface area contributed by atoms with E-state index in [9.17, 15) is 13.2 Å². The molecule has 1 fully saturated rings. The monoisotopic (exact) mass is 467 g/mol. The lowest BCUT2D eigenvalue weighted by molar-refractivity contribution is -0.0923. The zero-order valence-electron chi connectivity index (χ0n) is 19.7. The summed E-state index contributed by atoms with van der Waals surface area (Å²) in [5.41, 5.74) is -1.57. The van der Waals surface area contributed by atoms with Crippen LogP contribution in [0.25, 0.3) is 0 Å². The third-order valence-corrected chi connectivity index (χ3v) is 4.95. The first kappa shape index (κ1) is 26.3. The lowest BCUT2D eigenvalue weighted by Crippen LogP contribution is -2.49. The summed E-state index contributed by atoms with van der Waals surface area (Å²) in [6.45, 7) is 10.4. The molecule has 2 aliphatic rings. The van der Waals surface area contributed by atoms with Crippen LogP contribution in [0.3, 0.4) is 0 Å². The van der Waals surface area contributed by atoms with E-state index >= 15 is 0 Å². The van der Waals surface area contributed by atoms with E-state index in [1.165, 1.54) is 13.1 Å². The smallest absolute Gasteiger partial charge is 0.377 e. The van der Waals surface area contributed by atoms with E-state index in [4.69, 9.17) is 15.6 Å². The predicted molar refractivity (Wildman–Crippen MR) is 126 cm³/mol. The summed E-state index contributed by atoms with van der Waals surface area (Å²) in [4.78, 5) is 10.5. The summed E-state index contributed by atoms with van der Waals surface area (Å²) in [5.74, 6) is 6.48. The Hall–Kier alpha value is -2.95. The van der Waals surface area contributed by atoms with Crippen molar-refractivity contribution < 1.29 is 17.9 Å². The molecule has 0 aromatic carbocycles. The summed E-state index contributed by atoms with van der Waals surface area (Å²) in [6, 6.07) is -0.0150. The molecule has 0 aliphatic carbocycles. The second kappa shape index (κ2) is 11.3. The number of hydrazone groups is 2. The van der Waals surface area contributed by atoms with E-state index in [1.807, 2.05) is 32.6 Å². The van der Waals surface area contributed by atoms with Crippen LogP contribution in [0.4, 0.5) is 13.2 Å². The first-order valence-corrected chi connectivity index (χ1v) is 10.7. The van der Waals surface area contributed by atoms with Crippen LogP contribution in [-0.2, 0) is 4.74 Å². The number of hydrogen-bond acceptors (Lipinski definition) is 7. The Morgan fingerprint density at radius 3 is 2.64 bits per heavy atom. The van der Waals surface area contributed by atoms with Crippen LogP contribution < -0.4 is 5.84 Å². The average Bonchev–Trinajstić information content (AvgIpc) is 2.79. The fourth-order valence-corrected chi connectivity index (χ4v) is 3.43. The molecule has 33 heavy (non-hydrogen) atoms. The van der Waals surface area contributed by atoms with Crippen molar-refractivity contribution in [1.29, 1.82) is 0 Å². The van der Waals surface area contributed by atoms with Crippen molar-refractivity contribution >= 4 is 24.1 Å². The molecule has 0 aromatic heterocycles. The van der Waals surface area contributed by atoms with Gasteiger partial charge in [-0.25, -0.2) is 10.0 Å². The Bertz CT molecular complexity index is 898. The van der Waals surface area contributed by atoms with Crippen LogP contribution in [-0.4, -0.2) is 71.6 Å². The molecule has 0 amide bonds. The highest BCUT2D eigenvalue weighted by molar-refractivity contribution is 5.97. The molecule has 11 heteroatoms. The molecule has 1 saturated heterocycles. The predicted octanol–water partition coefficient (Wildman–Crippen LogP) is 3.84. The molecular weight excluding hydrogens is 435 g/mol. The van der Waals surface area contributed by atoms with Gasteiger partial charge in [0.25, 0.3) is 0 Å². The van der Waals surface area contributed by atoms with Crippen LogP contribution in [0.1, 0.15) is 41.0 Å². The normalized spacial score (nSPS) is 26.0. The van der Waals surface area contributed by atoms with Gasteiger partial charge in [0.05, 0.1) is 19.3 Å². The number of nitrogens with two attached hydrogens (primary N) is 1. The molecule has 0 unspecified atom stereocenters. The zero-order valence-corrected chi connectivity index (χ0v) is 19.7. The second-order valence-corrected chi connectivity index (χ2v) is 8.02. The van der Waals surface area contributed by atoms with Gasteiger partial charge in [0.1, 0.15) is 11.5 Å². The number of halogens is 3. The van der Waals surface area contributed by atoms with Crippen molar-refractivity contribution in [2.75, 3.05) is 19.8 Å². The minimum atomic E-state index is -4.59. The van der Waals surface area contributed by atoms with E-state index in [0.29, 0.717) is 37.0 Å². The van der Waals surface area contributed by atoms with Gasteiger partial charge in [-0.2, -0.15) is 23.4 Å². The molecule has 0 saturated carbocycles. The lowest BCUT2D eigenvalue weighted by Gasteiger charge is -2.38. The minimum Gasteiger partial charge on any atom is -0.377 e. The number of hydrogen-bond donors (Lipinski definition) is 1. The lowest BCUT2D eigenvalue weighted by atomic mass is 10.1. The van der Waals surface area contributed by atoms with Crippen molar-refractivity contribution in [3.8, 4) is 0 Å². The fourth-order valence-electron chi connectivity index (χ4n) is 3.43. The molecule has 0 radical (unpaired) electrons. The summed E-state index contributed by atoms with van der Waals surface area (Å²) >= 11 is 0. The van der Waals surface area contributed by atoms with Gasteiger partial charge in [-0.05, 0) is 58.4 Å². The Labute approximate surface area is 192 Å². The number of nitrogens with zero attached hydrogens (tertiary/aromatic N) is 6. The third kappa shape index (κ3) is 7.01. The molecule has 0 spiro atoms. The zero-order chi connectivity index (χ0) is 24.6. The molecule has 1 atom stereocenters. The van der Waals surface area contributed by atoms with Crippen LogP contribution in [0.5, 0.6) is 0 Å². The van der Waals surface area contributed by atoms with E-state index in [1.54, 1.807) is 23.2 Å². The average molecular weight is 468 g/mol. The maximum Gasteiger partial charge on any atom is 0.433 e. The molecule has 2 N–H and O–H groups in total. The van der Waals surface area contributed by atoms with Crippen molar-refractivity contribution in [3.63, 3.8) is 0 Å². The van der Waals surface area contributed by atoms with Gasteiger partial charge in [0.15, 0.2) is 11.5 Å². The second-order valence-electron chi connectivity index (χ2n) is 8.02. The highest BCUT2D eigenvalue weighted by Gasteiger charge is 2.35. The van der Waals surface area contributed by atoms with E-state index in [-0.39, 0.29) is 12.5 Å². The maximum absolute atomic E-state index is 13.5. The highest BCUT2D eigenvalue weighted by atomic mass is 19.4. The molecule has 2 heterocycles. The SMILES string of the molecule is CC=N/C(=C/C1=C/C(N2CCOC[C@H]2C)=NC(C)(C)N(C(/C=C\C)=N/N)/N=C\C1)C(F)(F)F. The van der Waals surface area contributed by atoms with Crippen LogP contribution in [0.2, 0.25) is 0 Å². The van der Waals surface area contributed by atoms with Gasteiger partial charge in [-0.3, -0.25) is 4.99 Å². The van der Waals surface area contributed by atoms with E-state index < -0.39 is 17.5 Å². The van der Waals surface area contributed by atoms with E-state index in [0.717, 1.165) is 12.3 Å². The fraction of sp³-hybridized carbons (Fsp3) is 0.545. The number of morpholine rings is 1. The Morgan fingerprint density at radius 1 is 1.33 bits per heavy atom. The van der Waals surface area contributed by atoms with Gasteiger partial charge in [0, 0.05) is 25.4 Å². The number of rotatable bonds is 3. The van der Waals surface area contributed by atoms with Crippen LogP contribution >= 0.6 is 0 Å². The maximum atomic E-state index is 13.5. The summed E-state index contributed by atoms with van der Waals surface area (Å²) < 4.78 is 46.1. The van der Waals surface area contributed by atoms with Gasteiger partial charge in [-0.1, -0.05) is 6.08 Å². The Kier molecular flexibility index (Phi) is 8.98. The molecule has 0 aromatic rings.